The first-order chi connectivity index (χ1) is 11.8. The van der Waals surface area contributed by atoms with Crippen LogP contribution >= 0.6 is 0 Å². The lowest BCUT2D eigenvalue weighted by Gasteiger charge is -2.18. The molecule has 1 aliphatic rings. The van der Waals surface area contributed by atoms with E-state index in [1.165, 1.54) is 0 Å². The second-order valence-corrected chi connectivity index (χ2v) is 6.06. The van der Waals surface area contributed by atoms with E-state index in [9.17, 15) is 4.79 Å². The highest BCUT2D eigenvalue weighted by Gasteiger charge is 2.38. The Morgan fingerprint density at radius 3 is 2.21 bits per heavy atom. The standard InChI is InChI=1S/C21H18N2O/c24-21-18(14-16-8-3-1-4-9-16)20-19(12-7-13-22-20)23(21)15-17-10-5-2-6-11-17/h1-13,18H,14-15H2. The minimum atomic E-state index is -0.202. The number of fused-ring (bicyclic) bond motifs is 1. The number of hydrogen-bond acceptors (Lipinski definition) is 2. The van der Waals surface area contributed by atoms with E-state index in [2.05, 4.69) is 17.1 Å². The number of pyridine rings is 1. The molecule has 1 unspecified atom stereocenters. The first-order valence-electron chi connectivity index (χ1n) is 8.17. The summed E-state index contributed by atoms with van der Waals surface area (Å²) in [4.78, 5) is 19.4. The van der Waals surface area contributed by atoms with E-state index in [-0.39, 0.29) is 11.8 Å². The molecule has 0 spiro atoms. The molecule has 2 heterocycles. The van der Waals surface area contributed by atoms with E-state index in [1.54, 1.807) is 6.20 Å². The van der Waals surface area contributed by atoms with Crippen molar-refractivity contribution in [3.63, 3.8) is 0 Å². The topological polar surface area (TPSA) is 33.2 Å². The lowest BCUT2D eigenvalue weighted by molar-refractivity contribution is -0.119. The van der Waals surface area contributed by atoms with Crippen LogP contribution in [0, 0.1) is 0 Å². The van der Waals surface area contributed by atoms with Gasteiger partial charge in [-0.1, -0.05) is 60.7 Å². The molecule has 1 aliphatic heterocycles. The smallest absolute Gasteiger partial charge is 0.236 e. The molecule has 3 nitrogen and oxygen atoms in total. The Hall–Kier alpha value is -2.94. The fourth-order valence-corrected chi connectivity index (χ4v) is 3.29. The Morgan fingerprint density at radius 1 is 0.833 bits per heavy atom. The third-order valence-electron chi connectivity index (χ3n) is 4.47. The molecule has 0 bridgehead atoms. The van der Waals surface area contributed by atoms with Crippen molar-refractivity contribution < 1.29 is 4.79 Å². The molecule has 24 heavy (non-hydrogen) atoms. The second-order valence-electron chi connectivity index (χ2n) is 6.06. The van der Waals surface area contributed by atoms with Gasteiger partial charge in [-0.2, -0.15) is 0 Å². The molecule has 0 aliphatic carbocycles. The monoisotopic (exact) mass is 314 g/mol. The van der Waals surface area contributed by atoms with E-state index >= 15 is 0 Å². The lowest BCUT2D eigenvalue weighted by atomic mass is 9.97. The van der Waals surface area contributed by atoms with E-state index in [4.69, 9.17) is 0 Å². The summed E-state index contributed by atoms with van der Waals surface area (Å²) in [6.07, 6.45) is 2.46. The van der Waals surface area contributed by atoms with E-state index < -0.39 is 0 Å². The first kappa shape index (κ1) is 14.6. The highest BCUT2D eigenvalue weighted by molar-refractivity contribution is 6.04. The predicted octanol–water partition coefficient (Wildman–Crippen LogP) is 3.95. The molecule has 3 aromatic rings. The molecule has 1 amide bonds. The van der Waals surface area contributed by atoms with E-state index in [1.807, 2.05) is 65.6 Å². The number of hydrogen-bond donors (Lipinski definition) is 0. The maximum absolute atomic E-state index is 13.1. The van der Waals surface area contributed by atoms with Crippen molar-refractivity contribution in [2.45, 2.75) is 18.9 Å². The summed E-state index contributed by atoms with van der Waals surface area (Å²) in [7, 11) is 0. The summed E-state index contributed by atoms with van der Waals surface area (Å²) in [5, 5.41) is 0. The van der Waals surface area contributed by atoms with Gasteiger partial charge in [0.1, 0.15) is 0 Å². The molecular formula is C21H18N2O. The molecular weight excluding hydrogens is 296 g/mol. The number of nitrogens with zero attached hydrogens (tertiary/aromatic N) is 2. The van der Waals surface area contributed by atoms with E-state index in [0.29, 0.717) is 13.0 Å². The van der Waals surface area contributed by atoms with Crippen LogP contribution in [0.1, 0.15) is 22.7 Å². The summed E-state index contributed by atoms with van der Waals surface area (Å²) in [5.74, 6) is -0.0660. The molecule has 2 aromatic carbocycles. The highest BCUT2D eigenvalue weighted by Crippen LogP contribution is 2.38. The predicted molar refractivity (Wildman–Crippen MR) is 94.8 cm³/mol. The normalized spacial score (nSPS) is 16.2. The van der Waals surface area contributed by atoms with Gasteiger partial charge in [0.05, 0.1) is 23.8 Å². The fraction of sp³-hybridized carbons (Fsp3) is 0.143. The number of amides is 1. The van der Waals surface area contributed by atoms with Gasteiger partial charge in [-0.05, 0) is 29.7 Å². The van der Waals surface area contributed by atoms with Crippen molar-refractivity contribution >= 4 is 11.6 Å². The second kappa shape index (κ2) is 6.28. The molecule has 0 saturated heterocycles. The summed E-state index contributed by atoms with van der Waals surface area (Å²) < 4.78 is 0. The number of rotatable bonds is 4. The molecule has 0 fully saturated rings. The number of carbonyl (C=O) groups excluding carboxylic acids is 1. The van der Waals surface area contributed by atoms with Crippen LogP contribution in [-0.2, 0) is 17.8 Å². The van der Waals surface area contributed by atoms with Crippen LogP contribution in [0.3, 0.4) is 0 Å². The lowest BCUT2D eigenvalue weighted by Crippen LogP contribution is -2.28. The number of carbonyl (C=O) groups is 1. The van der Waals surface area contributed by atoms with Crippen LogP contribution in [0.15, 0.2) is 79.0 Å². The maximum Gasteiger partial charge on any atom is 0.236 e. The quantitative estimate of drug-likeness (QED) is 0.730. The van der Waals surface area contributed by atoms with Gasteiger partial charge in [-0.15, -0.1) is 0 Å². The summed E-state index contributed by atoms with van der Waals surface area (Å²) in [6, 6.07) is 24.1. The van der Waals surface area contributed by atoms with Crippen LogP contribution in [0.4, 0.5) is 5.69 Å². The van der Waals surface area contributed by atoms with Gasteiger partial charge in [0.15, 0.2) is 0 Å². The van der Waals surface area contributed by atoms with Gasteiger partial charge in [-0.3, -0.25) is 9.78 Å². The van der Waals surface area contributed by atoms with Gasteiger partial charge < -0.3 is 4.90 Å². The SMILES string of the molecule is O=C1C(Cc2ccccc2)c2ncccc2N1Cc1ccccc1. The minimum absolute atomic E-state index is 0.136. The largest absolute Gasteiger partial charge is 0.306 e. The number of benzene rings is 2. The van der Waals surface area contributed by atoms with Gasteiger partial charge in [-0.25, -0.2) is 0 Å². The van der Waals surface area contributed by atoms with Crippen LogP contribution in [0.25, 0.3) is 0 Å². The van der Waals surface area contributed by atoms with E-state index in [0.717, 1.165) is 22.5 Å². The van der Waals surface area contributed by atoms with Crippen molar-refractivity contribution in [1.29, 1.82) is 0 Å². The van der Waals surface area contributed by atoms with Crippen molar-refractivity contribution in [3.8, 4) is 0 Å². The van der Waals surface area contributed by atoms with Gasteiger partial charge in [0.25, 0.3) is 0 Å². The Bertz CT molecular complexity index is 775. The molecule has 3 heteroatoms. The van der Waals surface area contributed by atoms with Gasteiger partial charge >= 0.3 is 0 Å². The van der Waals surface area contributed by atoms with Crippen molar-refractivity contribution in [3.05, 3.63) is 95.8 Å². The van der Waals surface area contributed by atoms with Gasteiger partial charge in [0.2, 0.25) is 5.91 Å². The van der Waals surface area contributed by atoms with Crippen LogP contribution in [0.5, 0.6) is 0 Å². The first-order valence-corrected chi connectivity index (χ1v) is 8.17. The van der Waals surface area contributed by atoms with Crippen molar-refractivity contribution in [1.82, 2.24) is 4.98 Å². The Morgan fingerprint density at radius 2 is 1.50 bits per heavy atom. The van der Waals surface area contributed by atoms with Crippen LogP contribution in [0.2, 0.25) is 0 Å². The van der Waals surface area contributed by atoms with Crippen LogP contribution in [-0.4, -0.2) is 10.9 Å². The van der Waals surface area contributed by atoms with Crippen molar-refractivity contribution in [2.24, 2.45) is 0 Å². The average molecular weight is 314 g/mol. The molecule has 118 valence electrons. The summed E-state index contributed by atoms with van der Waals surface area (Å²) in [6.45, 7) is 0.587. The molecule has 0 N–H and O–H groups in total. The zero-order chi connectivity index (χ0) is 16.4. The maximum atomic E-state index is 13.1. The fourth-order valence-electron chi connectivity index (χ4n) is 3.29. The Kier molecular flexibility index (Phi) is 3.83. The zero-order valence-electron chi connectivity index (χ0n) is 13.3. The summed E-state index contributed by atoms with van der Waals surface area (Å²) in [5.41, 5.74) is 4.12. The third-order valence-corrected chi connectivity index (χ3v) is 4.47. The molecule has 1 atom stereocenters. The van der Waals surface area contributed by atoms with Gasteiger partial charge in [0, 0.05) is 6.20 Å². The Balaban J connectivity index is 1.66. The van der Waals surface area contributed by atoms with Crippen LogP contribution < -0.4 is 4.90 Å². The number of anilines is 1. The van der Waals surface area contributed by atoms with Crippen molar-refractivity contribution in [2.75, 3.05) is 4.90 Å². The molecule has 0 saturated carbocycles. The third kappa shape index (κ3) is 2.69. The molecule has 0 radical (unpaired) electrons. The highest BCUT2D eigenvalue weighted by atomic mass is 16.2. The average Bonchev–Trinajstić information content (AvgIpc) is 2.90. The molecule has 4 rings (SSSR count). The zero-order valence-corrected chi connectivity index (χ0v) is 13.3. The Labute approximate surface area is 141 Å². The summed E-state index contributed by atoms with van der Waals surface area (Å²) >= 11 is 0. The minimum Gasteiger partial charge on any atom is -0.306 e. The molecule has 1 aromatic heterocycles. The number of aromatic nitrogens is 1.